The van der Waals surface area contributed by atoms with E-state index in [0.29, 0.717) is 10.6 Å². The van der Waals surface area contributed by atoms with Crippen molar-refractivity contribution in [2.75, 3.05) is 0 Å². The molecule has 1 aromatic carbocycles. The van der Waals surface area contributed by atoms with Crippen molar-refractivity contribution in [2.24, 2.45) is 0 Å². The molecule has 1 unspecified atom stereocenters. The zero-order chi connectivity index (χ0) is 15.4. The molecule has 0 aliphatic carbocycles. The van der Waals surface area contributed by atoms with E-state index in [4.69, 9.17) is 11.6 Å². The Morgan fingerprint density at radius 1 is 1.57 bits per heavy atom. The number of nitrogens with one attached hydrogen (secondary N) is 1. The number of carboxylic acids is 1. The fraction of sp³-hybridized carbons (Fsp3) is 0.286. The third-order valence-corrected chi connectivity index (χ3v) is 3.38. The standard InChI is InChI=1S/C14H15ClFN3O2/c1-9-10(3-2-4-12(9)16)5-17-13(14(20)21)8-19-7-11(15)6-18-19/h2-4,6-7,13,17H,5,8H2,1H3,(H,20,21). The first-order chi connectivity index (χ1) is 9.97. The van der Waals surface area contributed by atoms with Gasteiger partial charge < -0.3 is 5.11 Å². The third kappa shape index (κ3) is 4.03. The van der Waals surface area contributed by atoms with Crippen molar-refractivity contribution in [1.29, 1.82) is 0 Å². The molecule has 1 atom stereocenters. The van der Waals surface area contributed by atoms with Crippen LogP contribution in [0.25, 0.3) is 0 Å². The minimum absolute atomic E-state index is 0.135. The summed E-state index contributed by atoms with van der Waals surface area (Å²) in [6.07, 6.45) is 2.99. The van der Waals surface area contributed by atoms with Crippen molar-refractivity contribution in [3.63, 3.8) is 0 Å². The molecule has 21 heavy (non-hydrogen) atoms. The lowest BCUT2D eigenvalue weighted by Gasteiger charge is -2.15. The smallest absolute Gasteiger partial charge is 0.322 e. The molecule has 2 rings (SSSR count). The van der Waals surface area contributed by atoms with E-state index in [-0.39, 0.29) is 18.9 Å². The maximum atomic E-state index is 13.4. The molecule has 1 heterocycles. The van der Waals surface area contributed by atoms with Crippen LogP contribution in [0.15, 0.2) is 30.6 Å². The van der Waals surface area contributed by atoms with Crippen molar-refractivity contribution >= 4 is 17.6 Å². The summed E-state index contributed by atoms with van der Waals surface area (Å²) in [5, 5.41) is 16.5. The fourth-order valence-corrected chi connectivity index (χ4v) is 2.09. The SMILES string of the molecule is Cc1c(F)cccc1CNC(Cn1cc(Cl)cn1)C(=O)O. The predicted molar refractivity (Wildman–Crippen MR) is 76.6 cm³/mol. The minimum atomic E-state index is -1.00. The summed E-state index contributed by atoms with van der Waals surface area (Å²) in [7, 11) is 0. The minimum Gasteiger partial charge on any atom is -0.480 e. The fourth-order valence-electron chi connectivity index (χ4n) is 1.93. The number of aromatic nitrogens is 2. The Hall–Kier alpha value is -1.92. The van der Waals surface area contributed by atoms with Crippen molar-refractivity contribution < 1.29 is 14.3 Å². The number of hydrogen-bond acceptors (Lipinski definition) is 3. The van der Waals surface area contributed by atoms with Gasteiger partial charge in [0.15, 0.2) is 0 Å². The Morgan fingerprint density at radius 2 is 2.33 bits per heavy atom. The quantitative estimate of drug-likeness (QED) is 0.858. The van der Waals surface area contributed by atoms with Crippen LogP contribution in [0.3, 0.4) is 0 Å². The van der Waals surface area contributed by atoms with Crippen LogP contribution in [0.4, 0.5) is 4.39 Å². The number of rotatable bonds is 6. The molecule has 0 bridgehead atoms. The lowest BCUT2D eigenvalue weighted by molar-refractivity contribution is -0.140. The molecule has 2 aromatic rings. The van der Waals surface area contributed by atoms with Crippen molar-refractivity contribution in [3.8, 4) is 0 Å². The van der Waals surface area contributed by atoms with Crippen LogP contribution in [-0.4, -0.2) is 26.9 Å². The first-order valence-electron chi connectivity index (χ1n) is 6.35. The van der Waals surface area contributed by atoms with E-state index in [1.54, 1.807) is 25.3 Å². The van der Waals surface area contributed by atoms with Crippen LogP contribution in [0, 0.1) is 12.7 Å². The summed E-state index contributed by atoms with van der Waals surface area (Å²) in [6, 6.07) is 3.89. The number of benzene rings is 1. The van der Waals surface area contributed by atoms with E-state index in [1.807, 2.05) is 0 Å². The van der Waals surface area contributed by atoms with Gasteiger partial charge in [-0.1, -0.05) is 23.7 Å². The van der Waals surface area contributed by atoms with Gasteiger partial charge in [0.2, 0.25) is 0 Å². The molecule has 5 nitrogen and oxygen atoms in total. The molecule has 0 amide bonds. The molecule has 0 saturated carbocycles. The van der Waals surface area contributed by atoms with E-state index < -0.39 is 12.0 Å². The van der Waals surface area contributed by atoms with Gasteiger partial charge in [-0.05, 0) is 24.1 Å². The van der Waals surface area contributed by atoms with Gasteiger partial charge in [0.05, 0.1) is 17.8 Å². The molecule has 0 fully saturated rings. The maximum absolute atomic E-state index is 13.4. The highest BCUT2D eigenvalue weighted by Crippen LogP contribution is 2.12. The van der Waals surface area contributed by atoms with E-state index in [1.165, 1.54) is 16.9 Å². The van der Waals surface area contributed by atoms with E-state index in [9.17, 15) is 14.3 Å². The highest BCUT2D eigenvalue weighted by Gasteiger charge is 2.18. The Bertz CT molecular complexity index is 645. The van der Waals surface area contributed by atoms with Crippen LogP contribution in [0.1, 0.15) is 11.1 Å². The van der Waals surface area contributed by atoms with E-state index >= 15 is 0 Å². The largest absolute Gasteiger partial charge is 0.480 e. The van der Waals surface area contributed by atoms with Crippen LogP contribution < -0.4 is 5.32 Å². The normalized spacial score (nSPS) is 12.3. The zero-order valence-corrected chi connectivity index (χ0v) is 12.1. The van der Waals surface area contributed by atoms with E-state index in [0.717, 1.165) is 5.56 Å². The number of carboxylic acid groups (broad SMARTS) is 1. The van der Waals surface area contributed by atoms with E-state index in [2.05, 4.69) is 10.4 Å². The van der Waals surface area contributed by atoms with Crippen LogP contribution in [0.5, 0.6) is 0 Å². The van der Waals surface area contributed by atoms with Crippen molar-refractivity contribution in [3.05, 3.63) is 52.6 Å². The van der Waals surface area contributed by atoms with Gasteiger partial charge in [-0.15, -0.1) is 0 Å². The number of halogens is 2. The highest BCUT2D eigenvalue weighted by atomic mass is 35.5. The van der Waals surface area contributed by atoms with Gasteiger partial charge in [0.1, 0.15) is 11.9 Å². The summed E-state index contributed by atoms with van der Waals surface area (Å²) in [5.41, 5.74) is 1.23. The molecule has 0 saturated heterocycles. The van der Waals surface area contributed by atoms with Crippen molar-refractivity contribution in [2.45, 2.75) is 26.1 Å². The number of nitrogens with zero attached hydrogens (tertiary/aromatic N) is 2. The second kappa shape index (κ2) is 6.69. The zero-order valence-electron chi connectivity index (χ0n) is 11.4. The molecule has 7 heteroatoms. The summed E-state index contributed by atoms with van der Waals surface area (Å²) < 4.78 is 14.9. The first kappa shape index (κ1) is 15.5. The number of hydrogen-bond donors (Lipinski definition) is 2. The molecular weight excluding hydrogens is 297 g/mol. The van der Waals surface area contributed by atoms with Gasteiger partial charge in [0.25, 0.3) is 0 Å². The summed E-state index contributed by atoms with van der Waals surface area (Å²) in [4.78, 5) is 11.3. The van der Waals surface area contributed by atoms with Gasteiger partial charge in [-0.2, -0.15) is 5.10 Å². The summed E-state index contributed by atoms with van der Waals surface area (Å²) >= 11 is 5.74. The average molecular weight is 312 g/mol. The second-order valence-corrected chi connectivity index (χ2v) is 5.11. The predicted octanol–water partition coefficient (Wildman–Crippen LogP) is 2.23. The lowest BCUT2D eigenvalue weighted by Crippen LogP contribution is -2.40. The van der Waals surface area contributed by atoms with Crippen LogP contribution in [0.2, 0.25) is 5.02 Å². The molecule has 112 valence electrons. The van der Waals surface area contributed by atoms with Gasteiger partial charge in [-0.3, -0.25) is 14.8 Å². The third-order valence-electron chi connectivity index (χ3n) is 3.19. The van der Waals surface area contributed by atoms with Crippen LogP contribution in [-0.2, 0) is 17.9 Å². The molecule has 1 aromatic heterocycles. The highest BCUT2D eigenvalue weighted by molar-refractivity contribution is 6.30. The topological polar surface area (TPSA) is 67.2 Å². The van der Waals surface area contributed by atoms with Crippen molar-refractivity contribution in [1.82, 2.24) is 15.1 Å². The lowest BCUT2D eigenvalue weighted by atomic mass is 10.1. The molecule has 0 radical (unpaired) electrons. The summed E-state index contributed by atoms with van der Waals surface area (Å²) in [5.74, 6) is -1.31. The average Bonchev–Trinajstić information content (AvgIpc) is 2.84. The Morgan fingerprint density at radius 3 is 2.95 bits per heavy atom. The molecule has 0 aliphatic heterocycles. The Balaban J connectivity index is 2.03. The second-order valence-electron chi connectivity index (χ2n) is 4.68. The maximum Gasteiger partial charge on any atom is 0.322 e. The molecule has 0 aliphatic rings. The Kier molecular flexibility index (Phi) is 4.93. The molecule has 0 spiro atoms. The molecule has 2 N–H and O–H groups in total. The monoisotopic (exact) mass is 311 g/mol. The number of aliphatic carboxylic acids is 1. The number of carbonyl (C=O) groups is 1. The Labute approximate surface area is 126 Å². The molecular formula is C14H15ClFN3O2. The first-order valence-corrected chi connectivity index (χ1v) is 6.73. The summed E-state index contributed by atoms with van der Waals surface area (Å²) in [6.45, 7) is 2.06. The van der Waals surface area contributed by atoms with Crippen LogP contribution >= 0.6 is 11.6 Å². The van der Waals surface area contributed by atoms with Gasteiger partial charge in [0, 0.05) is 12.7 Å². The van der Waals surface area contributed by atoms with Gasteiger partial charge >= 0.3 is 5.97 Å². The van der Waals surface area contributed by atoms with Gasteiger partial charge in [-0.25, -0.2) is 4.39 Å².